The Morgan fingerprint density at radius 1 is 0.970 bits per heavy atom. The van der Waals surface area contributed by atoms with Gasteiger partial charge in [0.25, 0.3) is 5.91 Å². The Hall–Kier alpha value is -4.19. The molecule has 164 valence electrons. The van der Waals surface area contributed by atoms with Crippen LogP contribution in [0.2, 0.25) is 0 Å². The average molecular weight is 440 g/mol. The highest BCUT2D eigenvalue weighted by Crippen LogP contribution is 2.31. The van der Waals surface area contributed by atoms with Crippen molar-refractivity contribution in [2.75, 3.05) is 13.1 Å². The largest absolute Gasteiger partial charge is 0.508 e. The molecule has 5 nitrogen and oxygen atoms in total. The van der Waals surface area contributed by atoms with Gasteiger partial charge >= 0.3 is 0 Å². The van der Waals surface area contributed by atoms with Crippen LogP contribution in [0.5, 0.6) is 5.75 Å². The van der Waals surface area contributed by atoms with Crippen molar-refractivity contribution in [3.8, 4) is 28.5 Å². The molecular formula is C27H21FN2O3. The quantitative estimate of drug-likeness (QED) is 0.437. The Bertz CT molecular complexity index is 1340. The normalized spacial score (nSPS) is 13.6. The Kier molecular flexibility index (Phi) is 5.48. The van der Waals surface area contributed by atoms with Gasteiger partial charge in [-0.15, -0.1) is 0 Å². The number of halogens is 1. The van der Waals surface area contributed by atoms with E-state index in [4.69, 9.17) is 4.42 Å². The number of hydrogen-bond acceptors (Lipinski definition) is 4. The number of amides is 1. The molecule has 2 heterocycles. The minimum atomic E-state index is -0.394. The number of nitrogens with zero attached hydrogens (tertiary/aromatic N) is 2. The van der Waals surface area contributed by atoms with Crippen LogP contribution in [0, 0.1) is 5.82 Å². The van der Waals surface area contributed by atoms with Gasteiger partial charge in [-0.2, -0.15) is 0 Å². The monoisotopic (exact) mass is 440 g/mol. The molecule has 4 aromatic rings. The molecule has 1 amide bonds. The van der Waals surface area contributed by atoms with E-state index in [1.165, 1.54) is 12.3 Å². The molecule has 0 saturated carbocycles. The van der Waals surface area contributed by atoms with Crippen molar-refractivity contribution in [2.24, 2.45) is 0 Å². The summed E-state index contributed by atoms with van der Waals surface area (Å²) >= 11 is 0. The average Bonchev–Trinajstić information content (AvgIpc) is 3.34. The Morgan fingerprint density at radius 2 is 1.70 bits per heavy atom. The lowest BCUT2D eigenvalue weighted by Crippen LogP contribution is -2.35. The van der Waals surface area contributed by atoms with Gasteiger partial charge in [0.1, 0.15) is 11.6 Å². The first-order valence-corrected chi connectivity index (χ1v) is 10.7. The van der Waals surface area contributed by atoms with Crippen LogP contribution < -0.4 is 0 Å². The maximum absolute atomic E-state index is 14.1. The summed E-state index contributed by atoms with van der Waals surface area (Å²) in [6.07, 6.45) is 4.23. The smallest absolute Gasteiger partial charge is 0.254 e. The van der Waals surface area contributed by atoms with Crippen LogP contribution in [0.15, 0.2) is 89.5 Å². The Morgan fingerprint density at radius 3 is 2.42 bits per heavy atom. The molecule has 0 radical (unpaired) electrons. The van der Waals surface area contributed by atoms with Crippen molar-refractivity contribution in [1.29, 1.82) is 0 Å². The first-order valence-electron chi connectivity index (χ1n) is 10.7. The maximum atomic E-state index is 14.1. The minimum Gasteiger partial charge on any atom is -0.508 e. The Labute approximate surface area is 190 Å². The molecule has 1 aliphatic heterocycles. The van der Waals surface area contributed by atoms with Crippen LogP contribution in [0.1, 0.15) is 22.3 Å². The number of carbonyl (C=O) groups is 1. The SMILES string of the molecule is O=C(c1ccccc1-c1ncc(-c2ccccc2F)o1)N1CC=C(c2ccc(O)cc2)CC1. The number of carbonyl (C=O) groups excluding carboxylic acids is 1. The van der Waals surface area contributed by atoms with Gasteiger partial charge in [-0.3, -0.25) is 4.79 Å². The van der Waals surface area contributed by atoms with Crippen molar-refractivity contribution in [2.45, 2.75) is 6.42 Å². The first kappa shape index (κ1) is 20.7. The fraction of sp³-hybridized carbons (Fsp3) is 0.111. The number of rotatable bonds is 4. The van der Waals surface area contributed by atoms with Crippen LogP contribution in [-0.2, 0) is 0 Å². The number of aromatic nitrogens is 1. The van der Waals surface area contributed by atoms with Crippen LogP contribution in [-0.4, -0.2) is 34.0 Å². The summed E-state index contributed by atoms with van der Waals surface area (Å²) in [5.41, 5.74) is 3.57. The fourth-order valence-corrected chi connectivity index (χ4v) is 4.00. The molecule has 1 aromatic heterocycles. The van der Waals surface area contributed by atoms with E-state index in [1.54, 1.807) is 53.4 Å². The zero-order chi connectivity index (χ0) is 22.8. The molecule has 6 heteroatoms. The Balaban J connectivity index is 1.39. The third-order valence-corrected chi connectivity index (χ3v) is 5.77. The third-order valence-electron chi connectivity index (χ3n) is 5.77. The van der Waals surface area contributed by atoms with Gasteiger partial charge in [0.15, 0.2) is 5.76 Å². The van der Waals surface area contributed by atoms with E-state index >= 15 is 0 Å². The number of phenols is 1. The highest BCUT2D eigenvalue weighted by Gasteiger charge is 2.24. The van der Waals surface area contributed by atoms with Crippen molar-refractivity contribution >= 4 is 11.5 Å². The first-order chi connectivity index (χ1) is 16.1. The molecule has 0 unspecified atom stereocenters. The topological polar surface area (TPSA) is 66.6 Å². The van der Waals surface area contributed by atoms with E-state index in [0.29, 0.717) is 35.5 Å². The summed E-state index contributed by atoms with van der Waals surface area (Å²) in [5, 5.41) is 9.49. The molecule has 0 fully saturated rings. The summed E-state index contributed by atoms with van der Waals surface area (Å²) < 4.78 is 20.0. The zero-order valence-electron chi connectivity index (χ0n) is 17.7. The van der Waals surface area contributed by atoms with Crippen molar-refractivity contribution in [1.82, 2.24) is 9.88 Å². The highest BCUT2D eigenvalue weighted by atomic mass is 19.1. The molecule has 0 saturated heterocycles. The van der Waals surface area contributed by atoms with E-state index in [9.17, 15) is 14.3 Å². The van der Waals surface area contributed by atoms with Gasteiger partial charge in [0, 0.05) is 18.7 Å². The predicted molar refractivity (Wildman–Crippen MR) is 124 cm³/mol. The van der Waals surface area contributed by atoms with Gasteiger partial charge in [-0.25, -0.2) is 9.37 Å². The lowest BCUT2D eigenvalue weighted by molar-refractivity contribution is 0.0773. The van der Waals surface area contributed by atoms with Gasteiger partial charge in [-0.1, -0.05) is 42.5 Å². The second-order valence-electron chi connectivity index (χ2n) is 7.83. The molecule has 0 aliphatic carbocycles. The summed E-state index contributed by atoms with van der Waals surface area (Å²) in [4.78, 5) is 19.4. The van der Waals surface area contributed by atoms with Crippen LogP contribution >= 0.6 is 0 Å². The van der Waals surface area contributed by atoms with E-state index in [-0.39, 0.29) is 17.5 Å². The highest BCUT2D eigenvalue weighted by molar-refractivity contribution is 6.00. The van der Waals surface area contributed by atoms with Crippen molar-refractivity contribution in [3.05, 3.63) is 102 Å². The van der Waals surface area contributed by atoms with Crippen LogP contribution in [0.25, 0.3) is 28.4 Å². The molecule has 3 aromatic carbocycles. The van der Waals surface area contributed by atoms with Gasteiger partial charge in [-0.05, 0) is 54.0 Å². The lowest BCUT2D eigenvalue weighted by atomic mass is 9.98. The van der Waals surface area contributed by atoms with Crippen molar-refractivity contribution < 1.29 is 18.7 Å². The van der Waals surface area contributed by atoms with Gasteiger partial charge in [0.2, 0.25) is 5.89 Å². The molecule has 1 N–H and O–H groups in total. The van der Waals surface area contributed by atoms with E-state index in [1.807, 2.05) is 24.3 Å². The predicted octanol–water partition coefficient (Wildman–Crippen LogP) is 5.78. The molecule has 0 spiro atoms. The van der Waals surface area contributed by atoms with Crippen LogP contribution in [0.3, 0.4) is 0 Å². The summed E-state index contributed by atoms with van der Waals surface area (Å²) in [7, 11) is 0. The van der Waals surface area contributed by atoms with Crippen molar-refractivity contribution in [3.63, 3.8) is 0 Å². The van der Waals surface area contributed by atoms with Crippen LogP contribution in [0.4, 0.5) is 4.39 Å². The molecule has 33 heavy (non-hydrogen) atoms. The van der Waals surface area contributed by atoms with E-state index in [2.05, 4.69) is 4.98 Å². The zero-order valence-corrected chi connectivity index (χ0v) is 17.7. The van der Waals surface area contributed by atoms with Gasteiger partial charge in [0.05, 0.1) is 17.3 Å². The molecule has 0 atom stereocenters. The maximum Gasteiger partial charge on any atom is 0.254 e. The number of phenolic OH excluding ortho intramolecular Hbond substituents is 1. The number of hydrogen-bond donors (Lipinski definition) is 1. The summed E-state index contributed by atoms with van der Waals surface area (Å²) in [6.45, 7) is 1.06. The number of aromatic hydroxyl groups is 1. The van der Waals surface area contributed by atoms with E-state index < -0.39 is 5.82 Å². The molecular weight excluding hydrogens is 419 g/mol. The third kappa shape index (κ3) is 4.15. The number of benzene rings is 3. The number of oxazole rings is 1. The second kappa shape index (κ2) is 8.74. The summed E-state index contributed by atoms with van der Waals surface area (Å²) in [6, 6.07) is 20.6. The van der Waals surface area contributed by atoms with E-state index in [0.717, 1.165) is 17.6 Å². The standard InChI is InChI=1S/C27H21FN2O3/c28-24-8-4-3-7-23(24)25-17-29-26(33-25)21-5-1-2-6-22(21)27(32)30-15-13-19(14-16-30)18-9-11-20(31)12-10-18/h1-13,17,31H,14-16H2. The second-order valence-corrected chi connectivity index (χ2v) is 7.83. The fourth-order valence-electron chi connectivity index (χ4n) is 4.00. The molecule has 5 rings (SSSR count). The summed E-state index contributed by atoms with van der Waals surface area (Å²) in [5.74, 6) is 0.305. The van der Waals surface area contributed by atoms with Gasteiger partial charge < -0.3 is 14.4 Å². The lowest BCUT2D eigenvalue weighted by Gasteiger charge is -2.27. The molecule has 0 bridgehead atoms. The minimum absolute atomic E-state index is 0.114. The molecule has 1 aliphatic rings.